The predicted octanol–water partition coefficient (Wildman–Crippen LogP) is 4.52. The van der Waals surface area contributed by atoms with Crippen molar-refractivity contribution in [1.29, 1.82) is 0 Å². The summed E-state index contributed by atoms with van der Waals surface area (Å²) in [5.41, 5.74) is 9.81. The molecule has 0 atom stereocenters. The van der Waals surface area contributed by atoms with Crippen LogP contribution in [-0.2, 0) is 11.2 Å². The number of primary amides is 1. The summed E-state index contributed by atoms with van der Waals surface area (Å²) in [6, 6.07) is 18.3. The lowest BCUT2D eigenvalue weighted by molar-refractivity contribution is 0.0632. The van der Waals surface area contributed by atoms with Gasteiger partial charge in [0, 0.05) is 24.0 Å². The number of benzene rings is 2. The van der Waals surface area contributed by atoms with Gasteiger partial charge in [0.2, 0.25) is 0 Å². The largest absolute Gasteiger partial charge is 0.412 e. The van der Waals surface area contributed by atoms with Gasteiger partial charge in [0.1, 0.15) is 5.69 Å². The summed E-state index contributed by atoms with van der Waals surface area (Å²) in [5.74, 6) is -0.728. The lowest BCUT2D eigenvalue weighted by atomic mass is 9.99. The monoisotopic (exact) mass is 417 g/mol. The molecule has 3 N–H and O–H groups in total. The summed E-state index contributed by atoms with van der Waals surface area (Å²) < 4.78 is 4.61. The Bertz CT molecular complexity index is 1100. The fourth-order valence-electron chi connectivity index (χ4n) is 4.24. The number of para-hydroxylation sites is 1. The molecule has 0 radical (unpaired) electrons. The molecule has 1 aliphatic rings. The highest BCUT2D eigenvalue weighted by Crippen LogP contribution is 2.26. The minimum absolute atomic E-state index is 0.313. The molecule has 0 spiro atoms. The lowest BCUT2D eigenvalue weighted by Crippen LogP contribution is -2.29. The second kappa shape index (κ2) is 9.62. The zero-order chi connectivity index (χ0) is 21.6. The topological polar surface area (TPSA) is 88.4 Å². The third kappa shape index (κ3) is 5.03. The van der Waals surface area contributed by atoms with Gasteiger partial charge in [-0.15, -0.1) is 0 Å². The van der Waals surface area contributed by atoms with Crippen LogP contribution in [0.1, 0.15) is 40.9 Å². The molecule has 4 rings (SSSR count). The summed E-state index contributed by atoms with van der Waals surface area (Å²) in [7, 11) is 0. The van der Waals surface area contributed by atoms with Gasteiger partial charge in [0.25, 0.3) is 0 Å². The van der Waals surface area contributed by atoms with Gasteiger partial charge in [-0.1, -0.05) is 54.6 Å². The number of hydrogen-bond donors (Lipinski definition) is 2. The SMILES string of the molecule is NC(=O)OC(=O)c1[nH]c2ccccc2c1CCCCN1CC=C(c2ccccc2)CC1. The molecule has 0 aliphatic carbocycles. The maximum Gasteiger partial charge on any atom is 0.412 e. The van der Waals surface area contributed by atoms with E-state index in [0.717, 1.165) is 61.8 Å². The molecule has 6 heteroatoms. The number of ether oxygens (including phenoxy) is 1. The highest BCUT2D eigenvalue weighted by Gasteiger charge is 2.20. The van der Waals surface area contributed by atoms with E-state index in [-0.39, 0.29) is 0 Å². The van der Waals surface area contributed by atoms with Crippen LogP contribution < -0.4 is 5.73 Å². The molecule has 3 aromatic rings. The molecule has 160 valence electrons. The van der Waals surface area contributed by atoms with Gasteiger partial charge in [0.05, 0.1) is 0 Å². The van der Waals surface area contributed by atoms with Crippen LogP contribution in [0.15, 0.2) is 60.7 Å². The molecule has 2 heterocycles. The van der Waals surface area contributed by atoms with Crippen molar-refractivity contribution in [1.82, 2.24) is 9.88 Å². The van der Waals surface area contributed by atoms with Crippen LogP contribution in [0.5, 0.6) is 0 Å². The molecule has 0 bridgehead atoms. The second-order valence-corrected chi connectivity index (χ2v) is 7.84. The van der Waals surface area contributed by atoms with Crippen LogP contribution >= 0.6 is 0 Å². The quantitative estimate of drug-likeness (QED) is 0.336. The molecule has 0 unspecified atom stereocenters. The van der Waals surface area contributed by atoms with Crippen LogP contribution in [0.25, 0.3) is 16.5 Å². The number of nitrogens with one attached hydrogen (secondary N) is 1. The normalized spacial score (nSPS) is 14.4. The minimum Gasteiger partial charge on any atom is -0.372 e. The summed E-state index contributed by atoms with van der Waals surface area (Å²) in [6.07, 6.45) is 4.99. The first kappa shape index (κ1) is 20.9. The van der Waals surface area contributed by atoms with Crippen LogP contribution in [0.4, 0.5) is 4.79 Å². The van der Waals surface area contributed by atoms with Crippen molar-refractivity contribution in [3.8, 4) is 0 Å². The van der Waals surface area contributed by atoms with Crippen LogP contribution in [-0.4, -0.2) is 41.6 Å². The van der Waals surface area contributed by atoms with E-state index in [2.05, 4.69) is 45.0 Å². The summed E-state index contributed by atoms with van der Waals surface area (Å²) >= 11 is 0. The standard InChI is InChI=1S/C25H27N3O3/c26-25(30)31-24(29)23-21(20-10-4-5-12-22(20)27-23)11-6-7-15-28-16-13-19(14-17-28)18-8-2-1-3-9-18/h1-5,8-10,12-13,27H,6-7,11,14-17H2,(H2,26,30). The molecule has 1 amide bonds. The Hall–Kier alpha value is -3.38. The Balaban J connectivity index is 1.34. The van der Waals surface area contributed by atoms with E-state index in [1.54, 1.807) is 0 Å². The van der Waals surface area contributed by atoms with E-state index in [1.165, 1.54) is 11.1 Å². The third-order valence-electron chi connectivity index (χ3n) is 5.80. The fourth-order valence-corrected chi connectivity index (χ4v) is 4.24. The first-order valence-electron chi connectivity index (χ1n) is 10.7. The van der Waals surface area contributed by atoms with Crippen molar-refractivity contribution >= 4 is 28.5 Å². The Labute approximate surface area is 181 Å². The van der Waals surface area contributed by atoms with Crippen LogP contribution in [0, 0.1) is 0 Å². The van der Waals surface area contributed by atoms with Crippen molar-refractivity contribution in [3.05, 3.63) is 77.5 Å². The van der Waals surface area contributed by atoms with Gasteiger partial charge >= 0.3 is 12.1 Å². The first-order chi connectivity index (χ1) is 15.1. The zero-order valence-electron chi connectivity index (χ0n) is 17.5. The van der Waals surface area contributed by atoms with E-state index in [1.807, 2.05) is 30.3 Å². The maximum absolute atomic E-state index is 12.3. The Kier molecular flexibility index (Phi) is 6.48. The van der Waals surface area contributed by atoms with E-state index >= 15 is 0 Å². The average molecular weight is 418 g/mol. The third-order valence-corrected chi connectivity index (χ3v) is 5.80. The van der Waals surface area contributed by atoms with Crippen molar-refractivity contribution in [2.45, 2.75) is 25.7 Å². The molecule has 0 saturated heterocycles. The van der Waals surface area contributed by atoms with Crippen molar-refractivity contribution < 1.29 is 14.3 Å². The highest BCUT2D eigenvalue weighted by atomic mass is 16.6. The highest BCUT2D eigenvalue weighted by molar-refractivity contribution is 6.01. The van der Waals surface area contributed by atoms with Crippen LogP contribution in [0.3, 0.4) is 0 Å². The lowest BCUT2D eigenvalue weighted by Gasteiger charge is -2.26. The van der Waals surface area contributed by atoms with Gasteiger partial charge in [-0.2, -0.15) is 0 Å². The zero-order valence-corrected chi connectivity index (χ0v) is 17.5. The summed E-state index contributed by atoms with van der Waals surface area (Å²) in [6.45, 7) is 3.04. The van der Waals surface area contributed by atoms with Crippen molar-refractivity contribution in [2.75, 3.05) is 19.6 Å². The Morgan fingerprint density at radius 1 is 1.03 bits per heavy atom. The van der Waals surface area contributed by atoms with E-state index in [0.29, 0.717) is 5.69 Å². The number of aromatic amines is 1. The number of esters is 1. The molecule has 0 saturated carbocycles. The number of unbranched alkanes of at least 4 members (excludes halogenated alkanes) is 1. The Morgan fingerprint density at radius 2 is 1.81 bits per heavy atom. The molecule has 6 nitrogen and oxygen atoms in total. The fraction of sp³-hybridized carbons (Fsp3) is 0.280. The molecule has 2 aromatic carbocycles. The molecular formula is C25H27N3O3. The molecule has 0 fully saturated rings. The number of amides is 1. The smallest absolute Gasteiger partial charge is 0.372 e. The van der Waals surface area contributed by atoms with E-state index < -0.39 is 12.1 Å². The molecule has 31 heavy (non-hydrogen) atoms. The average Bonchev–Trinajstić information content (AvgIpc) is 3.16. The van der Waals surface area contributed by atoms with Gasteiger partial charge in [-0.05, 0) is 55.0 Å². The van der Waals surface area contributed by atoms with Gasteiger partial charge in [0.15, 0.2) is 0 Å². The first-order valence-corrected chi connectivity index (χ1v) is 10.7. The number of H-pyrrole nitrogens is 1. The number of carbonyl (C=O) groups is 2. The molecule has 1 aromatic heterocycles. The van der Waals surface area contributed by atoms with Crippen molar-refractivity contribution in [3.63, 3.8) is 0 Å². The predicted molar refractivity (Wildman–Crippen MR) is 122 cm³/mol. The summed E-state index contributed by atoms with van der Waals surface area (Å²) in [4.78, 5) is 28.9. The number of rotatable bonds is 7. The second-order valence-electron chi connectivity index (χ2n) is 7.84. The van der Waals surface area contributed by atoms with Gasteiger partial charge in [-0.25, -0.2) is 9.59 Å². The molecular weight excluding hydrogens is 390 g/mol. The summed E-state index contributed by atoms with van der Waals surface area (Å²) in [5, 5.41) is 0.979. The molecule has 1 aliphatic heterocycles. The number of nitrogens with two attached hydrogens (primary N) is 1. The van der Waals surface area contributed by atoms with Gasteiger partial charge in [-0.3, -0.25) is 4.90 Å². The maximum atomic E-state index is 12.3. The number of carbonyl (C=O) groups excluding carboxylic acids is 2. The van der Waals surface area contributed by atoms with Gasteiger partial charge < -0.3 is 15.5 Å². The van der Waals surface area contributed by atoms with Crippen LogP contribution in [0.2, 0.25) is 0 Å². The number of aryl methyl sites for hydroxylation is 1. The number of hydrogen-bond acceptors (Lipinski definition) is 4. The van der Waals surface area contributed by atoms with E-state index in [4.69, 9.17) is 5.73 Å². The number of nitrogens with zero attached hydrogens (tertiary/aromatic N) is 1. The van der Waals surface area contributed by atoms with Crippen molar-refractivity contribution in [2.24, 2.45) is 5.73 Å². The minimum atomic E-state index is -1.09. The Morgan fingerprint density at radius 3 is 2.55 bits per heavy atom. The number of aromatic nitrogens is 1. The van der Waals surface area contributed by atoms with E-state index in [9.17, 15) is 9.59 Å². The number of fused-ring (bicyclic) bond motifs is 1.